The number of nitrogens with one attached hydrogen (secondary N) is 2. The van der Waals surface area contributed by atoms with Crippen molar-refractivity contribution >= 4 is 23.5 Å². The van der Waals surface area contributed by atoms with Gasteiger partial charge in [0.2, 0.25) is 5.82 Å². The van der Waals surface area contributed by atoms with E-state index in [0.717, 1.165) is 6.92 Å². The Hall–Kier alpha value is -3.57. The molecule has 0 fully saturated rings. The van der Waals surface area contributed by atoms with Crippen molar-refractivity contribution in [2.75, 3.05) is 13.2 Å². The summed E-state index contributed by atoms with van der Waals surface area (Å²) in [6.45, 7) is 1.87. The Labute approximate surface area is 176 Å². The number of hydrogen-bond acceptors (Lipinski definition) is 8. The van der Waals surface area contributed by atoms with Gasteiger partial charge in [0.05, 0.1) is 18.3 Å². The topological polar surface area (TPSA) is 169 Å². The highest BCUT2D eigenvalue weighted by molar-refractivity contribution is 6.31. The Morgan fingerprint density at radius 1 is 1.33 bits per heavy atom. The van der Waals surface area contributed by atoms with Crippen LogP contribution in [-0.4, -0.2) is 55.3 Å². The van der Waals surface area contributed by atoms with E-state index in [0.29, 0.717) is 46.8 Å². The van der Waals surface area contributed by atoms with Gasteiger partial charge in [-0.15, -0.1) is 0 Å². The first-order chi connectivity index (χ1) is 14.4. The van der Waals surface area contributed by atoms with Crippen LogP contribution in [0.5, 0.6) is 5.75 Å². The quantitative estimate of drug-likeness (QED) is 0.428. The standard InChI is InChI=1S/C16H16ClN7O2.C2H4O2/c17-10-1-2-13(26-6-3-18)11(7-10)16(25)21-9-14-22-15(24-23-14)12-8-19-4-5-20-12;1-2(3)4/h1-2,4-5,7-8H,3,6,9,18H2,(H,21,25)(H,22,23,24);1H3,(H,3,4). The molecule has 0 spiro atoms. The molecule has 0 saturated heterocycles. The van der Waals surface area contributed by atoms with Crippen LogP contribution in [0.3, 0.4) is 0 Å². The maximum absolute atomic E-state index is 12.5. The van der Waals surface area contributed by atoms with Gasteiger partial charge < -0.3 is 20.9 Å². The van der Waals surface area contributed by atoms with Crippen molar-refractivity contribution in [1.82, 2.24) is 30.5 Å². The summed E-state index contributed by atoms with van der Waals surface area (Å²) in [6.07, 6.45) is 4.67. The van der Waals surface area contributed by atoms with E-state index in [9.17, 15) is 4.79 Å². The number of ether oxygens (including phenoxy) is 1. The molecule has 0 saturated carbocycles. The average molecular weight is 434 g/mol. The van der Waals surface area contributed by atoms with Crippen molar-refractivity contribution in [3.63, 3.8) is 0 Å². The molecule has 0 radical (unpaired) electrons. The van der Waals surface area contributed by atoms with Crippen molar-refractivity contribution in [3.8, 4) is 17.3 Å². The fourth-order valence-electron chi connectivity index (χ4n) is 2.14. The lowest BCUT2D eigenvalue weighted by Crippen LogP contribution is -2.24. The second-order valence-corrected chi connectivity index (χ2v) is 6.11. The molecule has 2 aromatic heterocycles. The summed E-state index contributed by atoms with van der Waals surface area (Å²) in [6, 6.07) is 4.81. The van der Waals surface area contributed by atoms with Gasteiger partial charge in [0, 0.05) is 30.9 Å². The molecule has 0 atom stereocenters. The highest BCUT2D eigenvalue weighted by Crippen LogP contribution is 2.23. The zero-order chi connectivity index (χ0) is 21.9. The molecule has 0 unspecified atom stereocenters. The van der Waals surface area contributed by atoms with Crippen LogP contribution >= 0.6 is 11.6 Å². The third-order valence-electron chi connectivity index (χ3n) is 3.30. The number of benzene rings is 1. The highest BCUT2D eigenvalue weighted by atomic mass is 35.5. The molecule has 1 amide bonds. The maximum Gasteiger partial charge on any atom is 0.300 e. The number of carboxylic acid groups (broad SMARTS) is 1. The van der Waals surface area contributed by atoms with Gasteiger partial charge >= 0.3 is 0 Å². The summed E-state index contributed by atoms with van der Waals surface area (Å²) in [5.74, 6) is 0.106. The molecule has 12 heteroatoms. The fourth-order valence-corrected chi connectivity index (χ4v) is 2.31. The summed E-state index contributed by atoms with van der Waals surface area (Å²) in [4.78, 5) is 33.8. The largest absolute Gasteiger partial charge is 0.491 e. The smallest absolute Gasteiger partial charge is 0.300 e. The van der Waals surface area contributed by atoms with Crippen molar-refractivity contribution in [1.29, 1.82) is 0 Å². The second kappa shape index (κ2) is 11.4. The Balaban J connectivity index is 0.000000735. The number of amides is 1. The number of carbonyl (C=O) groups excluding carboxylic acids is 1. The van der Waals surface area contributed by atoms with Gasteiger partial charge in [0.15, 0.2) is 0 Å². The molecule has 158 valence electrons. The molecule has 1 aromatic carbocycles. The minimum atomic E-state index is -0.833. The number of H-pyrrole nitrogens is 1. The van der Waals surface area contributed by atoms with Gasteiger partial charge in [0.1, 0.15) is 23.9 Å². The number of aromatic nitrogens is 5. The van der Waals surface area contributed by atoms with E-state index in [4.69, 9.17) is 32.0 Å². The number of carbonyl (C=O) groups is 2. The molecule has 11 nitrogen and oxygen atoms in total. The van der Waals surface area contributed by atoms with E-state index in [1.807, 2.05) is 0 Å². The zero-order valence-electron chi connectivity index (χ0n) is 16.0. The number of rotatable bonds is 7. The maximum atomic E-state index is 12.5. The Kier molecular flexibility index (Phi) is 8.66. The minimum Gasteiger partial charge on any atom is -0.491 e. The molecule has 3 aromatic rings. The zero-order valence-corrected chi connectivity index (χ0v) is 16.8. The predicted molar refractivity (Wildman–Crippen MR) is 108 cm³/mol. The first kappa shape index (κ1) is 22.7. The lowest BCUT2D eigenvalue weighted by Gasteiger charge is -2.11. The van der Waals surface area contributed by atoms with E-state index < -0.39 is 5.97 Å². The Morgan fingerprint density at radius 2 is 2.10 bits per heavy atom. The molecule has 30 heavy (non-hydrogen) atoms. The van der Waals surface area contributed by atoms with E-state index in [2.05, 4.69) is 30.5 Å². The van der Waals surface area contributed by atoms with Gasteiger partial charge in [-0.1, -0.05) is 11.6 Å². The van der Waals surface area contributed by atoms with Crippen molar-refractivity contribution in [2.24, 2.45) is 5.73 Å². The molecule has 0 aliphatic carbocycles. The van der Waals surface area contributed by atoms with Crippen LogP contribution in [-0.2, 0) is 11.3 Å². The molecular formula is C18H20ClN7O4. The van der Waals surface area contributed by atoms with Gasteiger partial charge in [-0.3, -0.25) is 19.7 Å². The summed E-state index contributed by atoms with van der Waals surface area (Å²) in [7, 11) is 0. The first-order valence-electron chi connectivity index (χ1n) is 8.68. The third kappa shape index (κ3) is 7.11. The molecule has 2 heterocycles. The number of hydrogen-bond donors (Lipinski definition) is 4. The fraction of sp³-hybridized carbons (Fsp3) is 0.222. The Morgan fingerprint density at radius 3 is 2.77 bits per heavy atom. The SMILES string of the molecule is CC(=O)O.NCCOc1ccc(Cl)cc1C(=O)NCc1nc(-c2cnccn2)n[nH]1. The normalized spacial score (nSPS) is 9.97. The molecule has 0 aliphatic heterocycles. The number of nitrogens with zero attached hydrogens (tertiary/aromatic N) is 4. The lowest BCUT2D eigenvalue weighted by molar-refractivity contribution is -0.134. The number of halogens is 1. The van der Waals surface area contributed by atoms with Crippen molar-refractivity contribution in [3.05, 3.63) is 53.2 Å². The summed E-state index contributed by atoms with van der Waals surface area (Å²) in [5, 5.41) is 17.4. The van der Waals surface area contributed by atoms with Crippen LogP contribution in [0.1, 0.15) is 23.1 Å². The second-order valence-electron chi connectivity index (χ2n) is 5.68. The van der Waals surface area contributed by atoms with E-state index in [1.54, 1.807) is 30.7 Å². The van der Waals surface area contributed by atoms with Gasteiger partial charge in [0.25, 0.3) is 11.9 Å². The number of aromatic amines is 1. The van der Waals surface area contributed by atoms with Crippen LogP contribution in [0.2, 0.25) is 5.02 Å². The molecule has 0 bridgehead atoms. The monoisotopic (exact) mass is 433 g/mol. The van der Waals surface area contributed by atoms with Crippen molar-refractivity contribution in [2.45, 2.75) is 13.5 Å². The highest BCUT2D eigenvalue weighted by Gasteiger charge is 2.14. The molecular weight excluding hydrogens is 414 g/mol. The minimum absolute atomic E-state index is 0.148. The van der Waals surface area contributed by atoms with Crippen LogP contribution in [0.15, 0.2) is 36.8 Å². The van der Waals surface area contributed by atoms with Crippen LogP contribution in [0.25, 0.3) is 11.5 Å². The number of nitrogens with two attached hydrogens (primary N) is 1. The average Bonchev–Trinajstić information content (AvgIpc) is 3.20. The summed E-state index contributed by atoms with van der Waals surface area (Å²) in [5.41, 5.74) is 6.29. The van der Waals surface area contributed by atoms with E-state index in [1.165, 1.54) is 6.07 Å². The van der Waals surface area contributed by atoms with Gasteiger partial charge in [-0.2, -0.15) is 5.10 Å². The molecule has 3 rings (SSSR count). The lowest BCUT2D eigenvalue weighted by atomic mass is 10.2. The third-order valence-corrected chi connectivity index (χ3v) is 3.54. The predicted octanol–water partition coefficient (Wildman–Crippen LogP) is 1.27. The van der Waals surface area contributed by atoms with E-state index >= 15 is 0 Å². The number of carboxylic acids is 1. The van der Waals surface area contributed by atoms with Crippen LogP contribution in [0.4, 0.5) is 0 Å². The van der Waals surface area contributed by atoms with Gasteiger partial charge in [-0.05, 0) is 18.2 Å². The number of aliphatic carboxylic acids is 1. The summed E-state index contributed by atoms with van der Waals surface area (Å²) < 4.78 is 5.48. The first-order valence-corrected chi connectivity index (χ1v) is 9.06. The molecule has 5 N–H and O–H groups in total. The van der Waals surface area contributed by atoms with Gasteiger partial charge in [-0.25, -0.2) is 9.97 Å². The van der Waals surface area contributed by atoms with Crippen molar-refractivity contribution < 1.29 is 19.4 Å². The molecule has 0 aliphatic rings. The summed E-state index contributed by atoms with van der Waals surface area (Å²) >= 11 is 5.98. The van der Waals surface area contributed by atoms with E-state index in [-0.39, 0.29) is 12.5 Å². The van der Waals surface area contributed by atoms with Crippen LogP contribution in [0, 0.1) is 0 Å². The Bertz CT molecular complexity index is 978. The van der Waals surface area contributed by atoms with Crippen LogP contribution < -0.4 is 15.8 Å².